The maximum Gasteiger partial charge on any atom is 0.330 e. The topological polar surface area (TPSA) is 49.8 Å². The minimum atomic E-state index is -0.935. The van der Waals surface area contributed by atoms with Crippen molar-refractivity contribution in [3.8, 4) is 0 Å². The Kier molecular flexibility index (Phi) is 5.43. The number of aryl methyl sites for hydroxylation is 1. The summed E-state index contributed by atoms with van der Waals surface area (Å²) in [5, 5.41) is 7.89. The molecule has 0 radical (unpaired) electrons. The molecule has 1 atom stereocenters. The van der Waals surface area contributed by atoms with Gasteiger partial charge in [0.05, 0.1) is 12.7 Å². The lowest BCUT2D eigenvalue weighted by Gasteiger charge is -1.96. The van der Waals surface area contributed by atoms with E-state index in [9.17, 15) is 4.79 Å². The van der Waals surface area contributed by atoms with Crippen LogP contribution in [0.15, 0.2) is 42.5 Å². The fourth-order valence-electron chi connectivity index (χ4n) is 1.21. The van der Waals surface area contributed by atoms with Crippen LogP contribution >= 0.6 is 0 Å². The summed E-state index contributed by atoms with van der Waals surface area (Å²) in [5.74, 6) is -0.935. The Morgan fingerprint density at radius 1 is 1.47 bits per heavy atom. The number of epoxide rings is 1. The molecule has 1 heterocycles. The summed E-state index contributed by atoms with van der Waals surface area (Å²) in [7, 11) is 0. The van der Waals surface area contributed by atoms with Crippen LogP contribution in [0.5, 0.6) is 0 Å². The van der Waals surface area contributed by atoms with Crippen LogP contribution in [0.4, 0.5) is 0 Å². The van der Waals surface area contributed by atoms with Crippen LogP contribution in [0, 0.1) is 0 Å². The first-order valence-corrected chi connectivity index (χ1v) is 5.64. The standard InChI is InChI=1S/C10H12O.C4H6O2/c1-2-4-9(5-3-1)6-7-10-8-11-10;1-3(2)4(5)6/h1-5,10H,6-8H2;1H2,2H3,(H,5,6). The van der Waals surface area contributed by atoms with Crippen LogP contribution in [0.1, 0.15) is 18.9 Å². The van der Waals surface area contributed by atoms with Crippen LogP contribution in [-0.2, 0) is 16.0 Å². The molecule has 0 saturated carbocycles. The first-order chi connectivity index (χ1) is 8.09. The van der Waals surface area contributed by atoms with Crippen LogP contribution < -0.4 is 0 Å². The van der Waals surface area contributed by atoms with Crippen molar-refractivity contribution in [2.75, 3.05) is 6.61 Å². The molecule has 2 rings (SSSR count). The summed E-state index contributed by atoms with van der Waals surface area (Å²) in [5.41, 5.74) is 1.60. The highest BCUT2D eigenvalue weighted by molar-refractivity contribution is 5.84. The molecular formula is C14H18O3. The van der Waals surface area contributed by atoms with Crippen molar-refractivity contribution < 1.29 is 14.6 Å². The zero-order valence-corrected chi connectivity index (χ0v) is 10.1. The molecule has 1 saturated heterocycles. The number of benzene rings is 1. The van der Waals surface area contributed by atoms with E-state index in [1.165, 1.54) is 18.9 Å². The van der Waals surface area contributed by atoms with E-state index in [1.807, 2.05) is 0 Å². The molecule has 1 N–H and O–H groups in total. The van der Waals surface area contributed by atoms with Gasteiger partial charge in [0.1, 0.15) is 0 Å². The smallest absolute Gasteiger partial charge is 0.330 e. The summed E-state index contributed by atoms with van der Waals surface area (Å²) in [6.45, 7) is 5.58. The molecule has 1 fully saturated rings. The number of carboxylic acid groups (broad SMARTS) is 1. The van der Waals surface area contributed by atoms with Crippen molar-refractivity contribution in [2.24, 2.45) is 0 Å². The lowest BCUT2D eigenvalue weighted by molar-refractivity contribution is -0.132. The molecule has 92 valence electrons. The Morgan fingerprint density at radius 3 is 2.41 bits per heavy atom. The van der Waals surface area contributed by atoms with Crippen molar-refractivity contribution in [3.05, 3.63) is 48.0 Å². The van der Waals surface area contributed by atoms with Gasteiger partial charge in [-0.2, -0.15) is 0 Å². The fourth-order valence-corrected chi connectivity index (χ4v) is 1.21. The van der Waals surface area contributed by atoms with E-state index >= 15 is 0 Å². The molecule has 1 aliphatic rings. The predicted molar refractivity (Wildman–Crippen MR) is 67.0 cm³/mol. The maximum absolute atomic E-state index is 9.60. The first kappa shape index (κ1) is 13.5. The van der Waals surface area contributed by atoms with Gasteiger partial charge < -0.3 is 9.84 Å². The summed E-state index contributed by atoms with van der Waals surface area (Å²) in [6, 6.07) is 10.6. The average molecular weight is 234 g/mol. The summed E-state index contributed by atoms with van der Waals surface area (Å²) >= 11 is 0. The number of carbonyl (C=O) groups is 1. The van der Waals surface area contributed by atoms with Crippen LogP contribution in [0.3, 0.4) is 0 Å². The van der Waals surface area contributed by atoms with Gasteiger partial charge in [-0.3, -0.25) is 0 Å². The molecule has 0 aromatic heterocycles. The summed E-state index contributed by atoms with van der Waals surface area (Å²) in [4.78, 5) is 9.60. The van der Waals surface area contributed by atoms with Gasteiger partial charge in [-0.1, -0.05) is 36.9 Å². The molecule has 0 spiro atoms. The predicted octanol–water partition coefficient (Wildman–Crippen LogP) is 2.67. The second kappa shape index (κ2) is 6.86. The van der Waals surface area contributed by atoms with E-state index < -0.39 is 5.97 Å². The van der Waals surface area contributed by atoms with E-state index in [2.05, 4.69) is 36.9 Å². The first-order valence-electron chi connectivity index (χ1n) is 5.64. The lowest BCUT2D eigenvalue weighted by Crippen LogP contribution is -1.92. The highest BCUT2D eigenvalue weighted by atomic mass is 16.6. The normalized spacial score (nSPS) is 16.6. The number of carboxylic acids is 1. The Balaban J connectivity index is 0.000000209. The molecule has 1 aromatic rings. The van der Waals surface area contributed by atoms with E-state index in [0.717, 1.165) is 13.0 Å². The van der Waals surface area contributed by atoms with Crippen LogP contribution in [-0.4, -0.2) is 23.8 Å². The van der Waals surface area contributed by atoms with Gasteiger partial charge in [0, 0.05) is 5.57 Å². The van der Waals surface area contributed by atoms with Gasteiger partial charge in [-0.25, -0.2) is 4.79 Å². The summed E-state index contributed by atoms with van der Waals surface area (Å²) < 4.78 is 5.13. The average Bonchev–Trinajstić information content (AvgIpc) is 3.12. The van der Waals surface area contributed by atoms with Gasteiger partial charge in [0.15, 0.2) is 0 Å². The Bertz CT molecular complexity index is 354. The molecule has 1 aromatic carbocycles. The molecule has 3 nitrogen and oxygen atoms in total. The molecule has 1 unspecified atom stereocenters. The van der Waals surface area contributed by atoms with Crippen LogP contribution in [0.25, 0.3) is 0 Å². The van der Waals surface area contributed by atoms with Crippen LogP contribution in [0.2, 0.25) is 0 Å². The number of hydrogen-bond acceptors (Lipinski definition) is 2. The van der Waals surface area contributed by atoms with Gasteiger partial charge in [-0.05, 0) is 25.3 Å². The van der Waals surface area contributed by atoms with Crippen molar-refractivity contribution in [1.82, 2.24) is 0 Å². The second-order valence-corrected chi connectivity index (χ2v) is 4.07. The third kappa shape index (κ3) is 6.53. The van der Waals surface area contributed by atoms with Gasteiger partial charge in [0.25, 0.3) is 0 Å². The van der Waals surface area contributed by atoms with E-state index in [1.54, 1.807) is 0 Å². The molecule has 0 amide bonds. The Hall–Kier alpha value is -1.61. The van der Waals surface area contributed by atoms with Gasteiger partial charge in [-0.15, -0.1) is 0 Å². The van der Waals surface area contributed by atoms with Crippen molar-refractivity contribution >= 4 is 5.97 Å². The Labute approximate surface area is 102 Å². The highest BCUT2D eigenvalue weighted by Gasteiger charge is 2.21. The highest BCUT2D eigenvalue weighted by Crippen LogP contribution is 2.16. The summed E-state index contributed by atoms with van der Waals surface area (Å²) in [6.07, 6.45) is 2.91. The Morgan fingerprint density at radius 2 is 2.00 bits per heavy atom. The van der Waals surface area contributed by atoms with Crippen molar-refractivity contribution in [3.63, 3.8) is 0 Å². The third-order valence-corrected chi connectivity index (χ3v) is 2.37. The molecule has 1 aliphatic heterocycles. The number of ether oxygens (including phenoxy) is 1. The monoisotopic (exact) mass is 234 g/mol. The number of aliphatic carboxylic acids is 1. The molecular weight excluding hydrogens is 216 g/mol. The minimum absolute atomic E-state index is 0.176. The van der Waals surface area contributed by atoms with E-state index in [0.29, 0.717) is 6.10 Å². The zero-order chi connectivity index (χ0) is 12.7. The minimum Gasteiger partial charge on any atom is -0.478 e. The quantitative estimate of drug-likeness (QED) is 0.643. The number of rotatable bonds is 4. The zero-order valence-electron chi connectivity index (χ0n) is 10.1. The SMILES string of the molecule is C=C(C)C(=O)O.c1ccc(CCC2CO2)cc1. The van der Waals surface area contributed by atoms with E-state index in [-0.39, 0.29) is 5.57 Å². The third-order valence-electron chi connectivity index (χ3n) is 2.37. The molecule has 0 aliphatic carbocycles. The van der Waals surface area contributed by atoms with Crippen molar-refractivity contribution in [2.45, 2.75) is 25.9 Å². The maximum atomic E-state index is 9.60. The molecule has 17 heavy (non-hydrogen) atoms. The van der Waals surface area contributed by atoms with Gasteiger partial charge in [0.2, 0.25) is 0 Å². The second-order valence-electron chi connectivity index (χ2n) is 4.07. The molecule has 3 heteroatoms. The van der Waals surface area contributed by atoms with Crippen molar-refractivity contribution in [1.29, 1.82) is 0 Å². The largest absolute Gasteiger partial charge is 0.478 e. The molecule has 0 bridgehead atoms. The van der Waals surface area contributed by atoms with E-state index in [4.69, 9.17) is 9.84 Å². The van der Waals surface area contributed by atoms with Gasteiger partial charge >= 0.3 is 5.97 Å². The number of hydrogen-bond donors (Lipinski definition) is 1. The fraction of sp³-hybridized carbons (Fsp3) is 0.357. The lowest BCUT2D eigenvalue weighted by atomic mass is 10.1.